The summed E-state index contributed by atoms with van der Waals surface area (Å²) in [6, 6.07) is 5.99. The van der Waals surface area contributed by atoms with Crippen LogP contribution in [-0.4, -0.2) is 18.3 Å². The van der Waals surface area contributed by atoms with Crippen LogP contribution in [0.15, 0.2) is 18.2 Å². The predicted molar refractivity (Wildman–Crippen MR) is 68.0 cm³/mol. The highest BCUT2D eigenvalue weighted by Crippen LogP contribution is 2.28. The maximum atomic E-state index is 8.74. The first kappa shape index (κ1) is 12.0. The van der Waals surface area contributed by atoms with Crippen molar-refractivity contribution in [2.45, 2.75) is 26.2 Å². The molecular formula is C15H18O2. The molecule has 0 amide bonds. The molecule has 0 spiro atoms. The Hall–Kier alpha value is -1.46. The highest BCUT2D eigenvalue weighted by Gasteiger charge is 2.18. The van der Waals surface area contributed by atoms with Gasteiger partial charge in [0.2, 0.25) is 0 Å². The first-order valence-electron chi connectivity index (χ1n) is 6.13. The zero-order valence-electron chi connectivity index (χ0n) is 10.2. The lowest BCUT2D eigenvalue weighted by atomic mass is 9.86. The van der Waals surface area contributed by atoms with Crippen molar-refractivity contribution in [1.82, 2.24) is 0 Å². The third kappa shape index (κ3) is 3.25. The van der Waals surface area contributed by atoms with E-state index < -0.39 is 0 Å². The molecule has 1 fully saturated rings. The van der Waals surface area contributed by atoms with Crippen molar-refractivity contribution in [3.8, 4) is 17.6 Å². The molecule has 0 saturated heterocycles. The minimum atomic E-state index is -0.115. The molecule has 1 aromatic carbocycles. The van der Waals surface area contributed by atoms with Crippen LogP contribution < -0.4 is 4.74 Å². The molecule has 0 atom stereocenters. The standard InChI is InChI=1S/C15H18O2/c1-12-7-8-15(14(10-12)6-3-9-16)17-11-13-4-2-5-13/h7-8,10,13,16H,2,4-5,9,11H2,1H3. The van der Waals surface area contributed by atoms with E-state index in [9.17, 15) is 0 Å². The Morgan fingerprint density at radius 2 is 2.24 bits per heavy atom. The molecule has 0 heterocycles. The summed E-state index contributed by atoms with van der Waals surface area (Å²) in [5, 5.41) is 8.74. The minimum Gasteiger partial charge on any atom is -0.492 e. The van der Waals surface area contributed by atoms with Crippen LogP contribution >= 0.6 is 0 Å². The van der Waals surface area contributed by atoms with Crippen molar-refractivity contribution in [2.24, 2.45) is 5.92 Å². The van der Waals surface area contributed by atoms with Gasteiger partial charge in [-0.2, -0.15) is 0 Å². The van der Waals surface area contributed by atoms with E-state index in [1.807, 2.05) is 25.1 Å². The van der Waals surface area contributed by atoms with Gasteiger partial charge in [-0.3, -0.25) is 0 Å². The summed E-state index contributed by atoms with van der Waals surface area (Å²) in [5.41, 5.74) is 2.03. The first-order chi connectivity index (χ1) is 8.29. The van der Waals surface area contributed by atoms with Gasteiger partial charge in [-0.05, 0) is 43.4 Å². The van der Waals surface area contributed by atoms with Crippen LogP contribution in [0.1, 0.15) is 30.4 Å². The average Bonchev–Trinajstić information content (AvgIpc) is 2.26. The quantitative estimate of drug-likeness (QED) is 0.808. The van der Waals surface area contributed by atoms with Gasteiger partial charge < -0.3 is 9.84 Å². The smallest absolute Gasteiger partial charge is 0.134 e. The number of aliphatic hydroxyl groups excluding tert-OH is 1. The fourth-order valence-electron chi connectivity index (χ4n) is 1.87. The van der Waals surface area contributed by atoms with Gasteiger partial charge in [0.1, 0.15) is 12.4 Å². The van der Waals surface area contributed by atoms with Crippen molar-refractivity contribution in [3.63, 3.8) is 0 Å². The number of rotatable bonds is 3. The second kappa shape index (κ2) is 5.75. The molecule has 0 aromatic heterocycles. The van der Waals surface area contributed by atoms with Crippen LogP contribution in [-0.2, 0) is 0 Å². The molecule has 1 aliphatic rings. The Bertz CT molecular complexity index is 436. The molecule has 0 radical (unpaired) electrons. The Morgan fingerprint density at radius 1 is 1.41 bits per heavy atom. The van der Waals surface area contributed by atoms with Gasteiger partial charge in [-0.1, -0.05) is 24.3 Å². The number of aliphatic hydroxyl groups is 1. The lowest BCUT2D eigenvalue weighted by molar-refractivity contribution is 0.180. The summed E-state index contributed by atoms with van der Waals surface area (Å²) in [6.07, 6.45) is 3.89. The lowest BCUT2D eigenvalue weighted by Gasteiger charge is -2.25. The van der Waals surface area contributed by atoms with Crippen molar-refractivity contribution >= 4 is 0 Å². The molecule has 2 rings (SSSR count). The molecule has 1 N–H and O–H groups in total. The van der Waals surface area contributed by atoms with E-state index >= 15 is 0 Å². The number of benzene rings is 1. The molecule has 2 nitrogen and oxygen atoms in total. The molecular weight excluding hydrogens is 212 g/mol. The molecule has 2 heteroatoms. The SMILES string of the molecule is Cc1ccc(OCC2CCC2)c(C#CCO)c1. The van der Waals surface area contributed by atoms with Crippen LogP contribution in [0.4, 0.5) is 0 Å². The summed E-state index contributed by atoms with van der Waals surface area (Å²) in [4.78, 5) is 0. The van der Waals surface area contributed by atoms with Crippen LogP contribution in [0.25, 0.3) is 0 Å². The molecule has 1 saturated carbocycles. The van der Waals surface area contributed by atoms with Gasteiger partial charge >= 0.3 is 0 Å². The largest absolute Gasteiger partial charge is 0.492 e. The van der Waals surface area contributed by atoms with Crippen molar-refractivity contribution in [1.29, 1.82) is 0 Å². The van der Waals surface area contributed by atoms with Crippen LogP contribution in [0.3, 0.4) is 0 Å². The lowest BCUT2D eigenvalue weighted by Crippen LogP contribution is -2.19. The third-order valence-corrected chi connectivity index (χ3v) is 3.14. The molecule has 1 aliphatic carbocycles. The van der Waals surface area contributed by atoms with E-state index in [2.05, 4.69) is 11.8 Å². The Kier molecular flexibility index (Phi) is 4.06. The van der Waals surface area contributed by atoms with E-state index in [1.165, 1.54) is 19.3 Å². The molecule has 1 aromatic rings. The normalized spacial score (nSPS) is 14.7. The second-order valence-electron chi connectivity index (χ2n) is 4.57. The zero-order chi connectivity index (χ0) is 12.1. The molecule has 90 valence electrons. The summed E-state index contributed by atoms with van der Waals surface area (Å²) in [6.45, 7) is 2.70. The maximum absolute atomic E-state index is 8.74. The summed E-state index contributed by atoms with van der Waals surface area (Å²) >= 11 is 0. The van der Waals surface area contributed by atoms with E-state index in [1.54, 1.807) is 0 Å². The minimum absolute atomic E-state index is 0.115. The van der Waals surface area contributed by atoms with Gasteiger partial charge in [0, 0.05) is 0 Å². The molecule has 0 aliphatic heterocycles. The first-order valence-corrected chi connectivity index (χ1v) is 6.13. The fourth-order valence-corrected chi connectivity index (χ4v) is 1.87. The number of aryl methyl sites for hydroxylation is 1. The summed E-state index contributed by atoms with van der Waals surface area (Å²) in [7, 11) is 0. The zero-order valence-corrected chi connectivity index (χ0v) is 10.2. The van der Waals surface area contributed by atoms with Gasteiger partial charge in [0.25, 0.3) is 0 Å². The average molecular weight is 230 g/mol. The summed E-state index contributed by atoms with van der Waals surface area (Å²) < 4.78 is 5.81. The van der Waals surface area contributed by atoms with Crippen molar-refractivity contribution in [3.05, 3.63) is 29.3 Å². The van der Waals surface area contributed by atoms with E-state index in [-0.39, 0.29) is 6.61 Å². The summed E-state index contributed by atoms with van der Waals surface area (Å²) in [5.74, 6) is 7.17. The van der Waals surface area contributed by atoms with Crippen LogP contribution in [0, 0.1) is 24.7 Å². The van der Waals surface area contributed by atoms with Crippen LogP contribution in [0.5, 0.6) is 5.75 Å². The maximum Gasteiger partial charge on any atom is 0.134 e. The van der Waals surface area contributed by atoms with Gasteiger partial charge in [-0.25, -0.2) is 0 Å². The molecule has 0 bridgehead atoms. The van der Waals surface area contributed by atoms with Crippen molar-refractivity contribution in [2.75, 3.05) is 13.2 Å². The van der Waals surface area contributed by atoms with E-state index in [4.69, 9.17) is 9.84 Å². The number of ether oxygens (including phenoxy) is 1. The van der Waals surface area contributed by atoms with E-state index in [0.717, 1.165) is 29.4 Å². The van der Waals surface area contributed by atoms with E-state index in [0.29, 0.717) is 0 Å². The number of hydrogen-bond donors (Lipinski definition) is 1. The van der Waals surface area contributed by atoms with Gasteiger partial charge in [0.05, 0.1) is 12.2 Å². The highest BCUT2D eigenvalue weighted by molar-refractivity contribution is 5.48. The predicted octanol–water partition coefficient (Wildman–Crippen LogP) is 2.52. The van der Waals surface area contributed by atoms with Gasteiger partial charge in [-0.15, -0.1) is 0 Å². The third-order valence-electron chi connectivity index (χ3n) is 3.14. The Morgan fingerprint density at radius 3 is 2.88 bits per heavy atom. The van der Waals surface area contributed by atoms with Gasteiger partial charge in [0.15, 0.2) is 0 Å². The van der Waals surface area contributed by atoms with Crippen LogP contribution in [0.2, 0.25) is 0 Å². The topological polar surface area (TPSA) is 29.5 Å². The molecule has 0 unspecified atom stereocenters. The molecule has 17 heavy (non-hydrogen) atoms. The second-order valence-corrected chi connectivity index (χ2v) is 4.57. The monoisotopic (exact) mass is 230 g/mol. The number of hydrogen-bond acceptors (Lipinski definition) is 2. The highest BCUT2D eigenvalue weighted by atomic mass is 16.5. The Labute approximate surface area is 103 Å². The Balaban J connectivity index is 2.07. The fraction of sp³-hybridized carbons (Fsp3) is 0.467. The van der Waals surface area contributed by atoms with Crippen molar-refractivity contribution < 1.29 is 9.84 Å².